The van der Waals surface area contributed by atoms with Crippen molar-refractivity contribution in [2.24, 2.45) is 0 Å². The number of carbonyl (C=O) groups is 1. The molecule has 0 saturated heterocycles. The molecule has 0 fully saturated rings. The molecule has 0 saturated carbocycles. The summed E-state index contributed by atoms with van der Waals surface area (Å²) in [5.41, 5.74) is 4.29. The molecule has 142 valence electrons. The van der Waals surface area contributed by atoms with Gasteiger partial charge in [0.15, 0.2) is 0 Å². The quantitative estimate of drug-likeness (QED) is 0.608. The molecule has 0 aliphatic carbocycles. The van der Waals surface area contributed by atoms with Gasteiger partial charge in [-0.1, -0.05) is 42.5 Å². The van der Waals surface area contributed by atoms with Gasteiger partial charge in [-0.2, -0.15) is 0 Å². The number of nitrogens with zero attached hydrogens (tertiary/aromatic N) is 2. The van der Waals surface area contributed by atoms with E-state index in [4.69, 9.17) is 11.6 Å². The van der Waals surface area contributed by atoms with Gasteiger partial charge in [0.05, 0.1) is 0 Å². The van der Waals surface area contributed by atoms with E-state index in [1.807, 2.05) is 53.6 Å². The monoisotopic (exact) mass is 394 g/mol. The number of halogens is 2. The normalized spacial score (nSPS) is 18.6. The van der Waals surface area contributed by atoms with Crippen molar-refractivity contribution < 1.29 is 9.18 Å². The smallest absolute Gasteiger partial charge is 0.238 e. The first-order valence-corrected chi connectivity index (χ1v) is 9.78. The predicted octanol–water partition coefficient (Wildman–Crippen LogP) is 4.54. The molecule has 2 aromatic carbocycles. The van der Waals surface area contributed by atoms with E-state index >= 15 is 0 Å². The number of carbonyl (C=O) groups excluding carboxylic acids is 1. The van der Waals surface area contributed by atoms with Crippen LogP contribution >= 0.6 is 11.6 Å². The second-order valence-corrected chi connectivity index (χ2v) is 7.28. The van der Waals surface area contributed by atoms with Crippen molar-refractivity contribution in [3.8, 4) is 0 Å². The van der Waals surface area contributed by atoms with Crippen molar-refractivity contribution in [2.75, 3.05) is 5.88 Å². The number of aromatic nitrogens is 1. The van der Waals surface area contributed by atoms with Crippen LogP contribution < -0.4 is 0 Å². The van der Waals surface area contributed by atoms with Gasteiger partial charge in [-0.05, 0) is 46.9 Å². The van der Waals surface area contributed by atoms with Crippen LogP contribution in [0.25, 0.3) is 0 Å². The minimum absolute atomic E-state index is 0.0676. The number of fused-ring (bicyclic) bond motifs is 1. The molecule has 0 N–H and O–H groups in total. The zero-order valence-electron chi connectivity index (χ0n) is 15.3. The Bertz CT molecular complexity index is 962. The Morgan fingerprint density at radius 1 is 1.11 bits per heavy atom. The highest BCUT2D eigenvalue weighted by molar-refractivity contribution is 6.27. The van der Waals surface area contributed by atoms with Crippen molar-refractivity contribution in [2.45, 2.75) is 24.9 Å². The largest absolute Gasteiger partial charge is 0.333 e. The fraction of sp³-hybridized carbons (Fsp3) is 0.217. The molecule has 2 heterocycles. The lowest BCUT2D eigenvalue weighted by atomic mass is 9.77. The third-order valence-corrected chi connectivity index (χ3v) is 5.58. The lowest BCUT2D eigenvalue weighted by Crippen LogP contribution is -2.48. The third-order valence-electron chi connectivity index (χ3n) is 5.35. The third kappa shape index (κ3) is 3.65. The summed E-state index contributed by atoms with van der Waals surface area (Å²) in [5.74, 6) is -0.512. The van der Waals surface area contributed by atoms with Gasteiger partial charge in [-0.3, -0.25) is 9.78 Å². The number of pyridine rings is 1. The molecule has 3 aromatic rings. The molecular formula is C23H20ClFN2O. The first kappa shape index (κ1) is 18.6. The van der Waals surface area contributed by atoms with E-state index in [-0.39, 0.29) is 29.6 Å². The number of hydrogen-bond donors (Lipinski definition) is 0. The van der Waals surface area contributed by atoms with E-state index in [0.717, 1.165) is 16.7 Å². The van der Waals surface area contributed by atoms with Crippen LogP contribution in [0.3, 0.4) is 0 Å². The fourth-order valence-corrected chi connectivity index (χ4v) is 4.23. The molecule has 0 spiro atoms. The summed E-state index contributed by atoms with van der Waals surface area (Å²) >= 11 is 5.94. The summed E-state index contributed by atoms with van der Waals surface area (Å²) in [6.45, 7) is 0.518. The zero-order chi connectivity index (χ0) is 19.5. The highest BCUT2D eigenvalue weighted by Gasteiger charge is 2.38. The maximum absolute atomic E-state index is 13.6. The molecule has 0 radical (unpaired) electrons. The van der Waals surface area contributed by atoms with Gasteiger partial charge >= 0.3 is 0 Å². The minimum Gasteiger partial charge on any atom is -0.333 e. The summed E-state index contributed by atoms with van der Waals surface area (Å²) in [7, 11) is 0. The molecule has 1 aromatic heterocycles. The van der Waals surface area contributed by atoms with E-state index in [2.05, 4.69) is 11.1 Å². The van der Waals surface area contributed by atoms with E-state index in [1.54, 1.807) is 6.20 Å². The molecule has 5 heteroatoms. The number of hydrogen-bond acceptors (Lipinski definition) is 2. The number of amides is 1. The molecule has 1 amide bonds. The van der Waals surface area contributed by atoms with E-state index < -0.39 is 0 Å². The van der Waals surface area contributed by atoms with Crippen LogP contribution in [-0.2, 0) is 17.8 Å². The molecule has 2 atom stereocenters. The van der Waals surface area contributed by atoms with Crippen molar-refractivity contribution in [1.29, 1.82) is 0 Å². The van der Waals surface area contributed by atoms with Crippen LogP contribution in [0.15, 0.2) is 73.1 Å². The van der Waals surface area contributed by atoms with Crippen molar-refractivity contribution in [3.63, 3.8) is 0 Å². The lowest BCUT2D eigenvalue weighted by Gasteiger charge is -2.43. The highest BCUT2D eigenvalue weighted by Crippen LogP contribution is 2.39. The fourth-order valence-electron chi connectivity index (χ4n) is 4.08. The Kier molecular flexibility index (Phi) is 5.40. The first-order chi connectivity index (χ1) is 13.7. The second kappa shape index (κ2) is 8.11. The van der Waals surface area contributed by atoms with Crippen molar-refractivity contribution in [3.05, 3.63) is 101 Å². The molecule has 0 bridgehead atoms. The second-order valence-electron chi connectivity index (χ2n) is 7.02. The molecule has 1 aliphatic rings. The maximum Gasteiger partial charge on any atom is 0.238 e. The molecule has 4 rings (SSSR count). The average Bonchev–Trinajstić information content (AvgIpc) is 2.74. The van der Waals surface area contributed by atoms with Crippen LogP contribution in [0.4, 0.5) is 4.39 Å². The highest BCUT2D eigenvalue weighted by atomic mass is 35.5. The van der Waals surface area contributed by atoms with Crippen LogP contribution in [0.5, 0.6) is 0 Å². The maximum atomic E-state index is 13.6. The summed E-state index contributed by atoms with van der Waals surface area (Å²) in [6, 6.07) is 18.5. The Morgan fingerprint density at radius 2 is 1.89 bits per heavy atom. The summed E-state index contributed by atoms with van der Waals surface area (Å²) in [4.78, 5) is 18.8. The standard InChI is InChI=1S/C23H20ClFN2O/c24-13-22(28)27-15-18-5-1-2-6-20(18)23(17-7-9-19(25)10-8-17)21(27)12-16-4-3-11-26-14-16/h1-11,14,21,23H,12-13,15H2. The predicted molar refractivity (Wildman–Crippen MR) is 108 cm³/mol. The average molecular weight is 395 g/mol. The van der Waals surface area contributed by atoms with Crippen molar-refractivity contribution >= 4 is 17.5 Å². The van der Waals surface area contributed by atoms with E-state index in [9.17, 15) is 9.18 Å². The van der Waals surface area contributed by atoms with Gasteiger partial charge in [0.1, 0.15) is 11.7 Å². The van der Waals surface area contributed by atoms with Gasteiger partial charge in [0, 0.05) is 30.9 Å². The van der Waals surface area contributed by atoms with Gasteiger partial charge < -0.3 is 4.90 Å². The van der Waals surface area contributed by atoms with Crippen LogP contribution in [0.2, 0.25) is 0 Å². The Balaban J connectivity index is 1.84. The van der Waals surface area contributed by atoms with Crippen LogP contribution in [0.1, 0.15) is 28.2 Å². The Hall–Kier alpha value is -2.72. The number of alkyl halides is 1. The van der Waals surface area contributed by atoms with Crippen molar-refractivity contribution in [1.82, 2.24) is 9.88 Å². The Labute approximate surface area is 168 Å². The van der Waals surface area contributed by atoms with Gasteiger partial charge in [-0.15, -0.1) is 11.6 Å². The lowest BCUT2D eigenvalue weighted by molar-refractivity contribution is -0.132. The first-order valence-electron chi connectivity index (χ1n) is 9.25. The summed E-state index contributed by atoms with van der Waals surface area (Å²) < 4.78 is 13.6. The van der Waals surface area contributed by atoms with Gasteiger partial charge in [0.25, 0.3) is 0 Å². The van der Waals surface area contributed by atoms with Crippen LogP contribution in [0, 0.1) is 5.82 Å². The van der Waals surface area contributed by atoms with E-state index in [0.29, 0.717) is 13.0 Å². The Morgan fingerprint density at radius 3 is 2.61 bits per heavy atom. The molecule has 3 nitrogen and oxygen atoms in total. The molecule has 2 unspecified atom stereocenters. The number of rotatable bonds is 4. The molecular weight excluding hydrogens is 375 g/mol. The zero-order valence-corrected chi connectivity index (χ0v) is 16.0. The van der Waals surface area contributed by atoms with Gasteiger partial charge in [-0.25, -0.2) is 4.39 Å². The topological polar surface area (TPSA) is 33.2 Å². The number of benzene rings is 2. The molecule has 28 heavy (non-hydrogen) atoms. The van der Waals surface area contributed by atoms with E-state index in [1.165, 1.54) is 17.7 Å². The molecule has 1 aliphatic heterocycles. The summed E-state index contributed by atoms with van der Waals surface area (Å²) in [6.07, 6.45) is 4.21. The summed E-state index contributed by atoms with van der Waals surface area (Å²) in [5, 5.41) is 0. The van der Waals surface area contributed by atoms with Gasteiger partial charge in [0.2, 0.25) is 5.91 Å². The minimum atomic E-state index is -0.273. The van der Waals surface area contributed by atoms with Crippen LogP contribution in [-0.4, -0.2) is 27.7 Å². The SMILES string of the molecule is O=C(CCl)N1Cc2ccccc2C(c2ccc(F)cc2)C1Cc1cccnc1.